The largest absolute Gasteiger partial charge is 0.508 e. The minimum Gasteiger partial charge on any atom is -0.508 e. The van der Waals surface area contributed by atoms with Crippen molar-refractivity contribution >= 4 is 0 Å². The molecule has 2 aromatic rings. The molecule has 1 aromatic heterocycles. The van der Waals surface area contributed by atoms with Crippen LogP contribution in [-0.4, -0.2) is 14.9 Å². The van der Waals surface area contributed by atoms with Gasteiger partial charge in [0, 0.05) is 11.9 Å². The van der Waals surface area contributed by atoms with Crippen LogP contribution < -0.4 is 0 Å². The highest BCUT2D eigenvalue weighted by atomic mass is 16.3. The summed E-state index contributed by atoms with van der Waals surface area (Å²) in [7, 11) is 0. The Morgan fingerprint density at radius 3 is 2.38 bits per heavy atom. The summed E-state index contributed by atoms with van der Waals surface area (Å²) >= 11 is 0. The number of benzene rings is 1. The molecule has 13 heavy (non-hydrogen) atoms. The Balaban J connectivity index is 2.47. The first kappa shape index (κ1) is 7.86. The zero-order valence-corrected chi connectivity index (χ0v) is 7.31. The molecule has 2 rings (SSSR count). The predicted octanol–water partition coefficient (Wildman–Crippen LogP) is 1.89. The predicted molar refractivity (Wildman–Crippen MR) is 50.0 cm³/mol. The maximum atomic E-state index is 9.09. The Kier molecular flexibility index (Phi) is 1.77. The second-order valence-electron chi connectivity index (χ2n) is 2.90. The van der Waals surface area contributed by atoms with Crippen LogP contribution >= 0.6 is 0 Å². The number of rotatable bonds is 1. The molecule has 0 radical (unpaired) electrons. The smallest absolute Gasteiger partial charge is 0.115 e. The average molecular weight is 174 g/mol. The van der Waals surface area contributed by atoms with Gasteiger partial charge in [0.1, 0.15) is 5.75 Å². The zero-order valence-electron chi connectivity index (χ0n) is 7.31. The Labute approximate surface area is 76.3 Å². The van der Waals surface area contributed by atoms with E-state index in [1.165, 1.54) is 0 Å². The molecule has 0 unspecified atom stereocenters. The van der Waals surface area contributed by atoms with Gasteiger partial charge in [0.2, 0.25) is 0 Å². The van der Waals surface area contributed by atoms with Gasteiger partial charge >= 0.3 is 0 Å². The topological polar surface area (TPSA) is 38.0 Å². The van der Waals surface area contributed by atoms with Gasteiger partial charge in [-0.15, -0.1) is 0 Å². The molecule has 0 saturated heterocycles. The first-order chi connectivity index (χ1) is 6.27. The van der Waals surface area contributed by atoms with E-state index in [9.17, 15) is 0 Å². The average Bonchev–Trinajstić information content (AvgIpc) is 2.53. The Morgan fingerprint density at radius 1 is 1.15 bits per heavy atom. The molecule has 66 valence electrons. The first-order valence-electron chi connectivity index (χ1n) is 4.07. The quantitative estimate of drug-likeness (QED) is 0.716. The third-order valence-electron chi connectivity index (χ3n) is 1.93. The van der Waals surface area contributed by atoms with Crippen LogP contribution in [0.25, 0.3) is 5.69 Å². The summed E-state index contributed by atoms with van der Waals surface area (Å²) < 4.78 is 1.82. The summed E-state index contributed by atoms with van der Waals surface area (Å²) in [6, 6.07) is 8.89. The SMILES string of the molecule is Cc1ccnn1-c1ccc(O)cc1. The van der Waals surface area contributed by atoms with Gasteiger partial charge in [-0.3, -0.25) is 0 Å². The van der Waals surface area contributed by atoms with E-state index in [1.54, 1.807) is 18.3 Å². The number of hydrogen-bond donors (Lipinski definition) is 1. The number of nitrogens with zero attached hydrogens (tertiary/aromatic N) is 2. The summed E-state index contributed by atoms with van der Waals surface area (Å²) in [5, 5.41) is 13.2. The van der Waals surface area contributed by atoms with Crippen molar-refractivity contribution in [3.63, 3.8) is 0 Å². The number of phenols is 1. The van der Waals surface area contributed by atoms with Crippen molar-refractivity contribution in [1.82, 2.24) is 9.78 Å². The van der Waals surface area contributed by atoms with Gasteiger partial charge in [0.15, 0.2) is 0 Å². The third-order valence-corrected chi connectivity index (χ3v) is 1.93. The van der Waals surface area contributed by atoms with Gasteiger partial charge in [-0.05, 0) is 37.3 Å². The second-order valence-corrected chi connectivity index (χ2v) is 2.90. The molecule has 0 aliphatic rings. The normalized spacial score (nSPS) is 10.2. The van der Waals surface area contributed by atoms with Gasteiger partial charge in [-0.1, -0.05) is 0 Å². The molecular formula is C10H10N2O. The van der Waals surface area contributed by atoms with Crippen molar-refractivity contribution in [1.29, 1.82) is 0 Å². The van der Waals surface area contributed by atoms with Crippen molar-refractivity contribution in [3.8, 4) is 11.4 Å². The lowest BCUT2D eigenvalue weighted by Gasteiger charge is -2.03. The third kappa shape index (κ3) is 1.40. The van der Waals surface area contributed by atoms with E-state index in [2.05, 4.69) is 5.10 Å². The van der Waals surface area contributed by atoms with E-state index < -0.39 is 0 Å². The fourth-order valence-electron chi connectivity index (χ4n) is 1.23. The Morgan fingerprint density at radius 2 is 1.85 bits per heavy atom. The number of phenolic OH excluding ortho intramolecular Hbond substituents is 1. The van der Waals surface area contributed by atoms with E-state index in [-0.39, 0.29) is 5.75 Å². The van der Waals surface area contributed by atoms with Crippen LogP contribution in [0.5, 0.6) is 5.75 Å². The fraction of sp³-hybridized carbons (Fsp3) is 0.100. The lowest BCUT2D eigenvalue weighted by molar-refractivity contribution is 0.475. The maximum absolute atomic E-state index is 9.09. The summed E-state index contributed by atoms with van der Waals surface area (Å²) in [6.45, 7) is 1.99. The van der Waals surface area contributed by atoms with Crippen LogP contribution in [0.2, 0.25) is 0 Å². The standard InChI is InChI=1S/C10H10N2O/c1-8-6-7-11-12(8)9-2-4-10(13)5-3-9/h2-7,13H,1H3. The zero-order chi connectivity index (χ0) is 9.26. The highest BCUT2D eigenvalue weighted by Crippen LogP contribution is 2.14. The van der Waals surface area contributed by atoms with E-state index in [4.69, 9.17) is 5.11 Å². The van der Waals surface area contributed by atoms with Crippen LogP contribution in [-0.2, 0) is 0 Å². The van der Waals surface area contributed by atoms with Crippen LogP contribution in [0.1, 0.15) is 5.69 Å². The highest BCUT2D eigenvalue weighted by molar-refractivity contribution is 5.37. The molecule has 0 aliphatic carbocycles. The van der Waals surface area contributed by atoms with Crippen molar-refractivity contribution in [2.45, 2.75) is 6.92 Å². The lowest BCUT2D eigenvalue weighted by atomic mass is 10.3. The van der Waals surface area contributed by atoms with E-state index in [0.29, 0.717) is 0 Å². The molecular weight excluding hydrogens is 164 g/mol. The lowest BCUT2D eigenvalue weighted by Crippen LogP contribution is -1.97. The molecule has 0 amide bonds. The minimum absolute atomic E-state index is 0.272. The van der Waals surface area contributed by atoms with E-state index in [1.807, 2.05) is 29.8 Å². The molecule has 1 heterocycles. The number of aromatic hydroxyl groups is 1. The summed E-state index contributed by atoms with van der Waals surface area (Å²) in [4.78, 5) is 0. The fourth-order valence-corrected chi connectivity index (χ4v) is 1.23. The van der Waals surface area contributed by atoms with Crippen LogP contribution in [0.15, 0.2) is 36.5 Å². The summed E-state index contributed by atoms with van der Waals surface area (Å²) in [5.41, 5.74) is 2.03. The summed E-state index contributed by atoms with van der Waals surface area (Å²) in [5.74, 6) is 0.272. The van der Waals surface area contributed by atoms with E-state index >= 15 is 0 Å². The van der Waals surface area contributed by atoms with Crippen LogP contribution in [0.3, 0.4) is 0 Å². The molecule has 0 atom stereocenters. The minimum atomic E-state index is 0.272. The molecule has 3 nitrogen and oxygen atoms in total. The van der Waals surface area contributed by atoms with E-state index in [0.717, 1.165) is 11.4 Å². The second kappa shape index (κ2) is 2.94. The van der Waals surface area contributed by atoms with Gasteiger partial charge < -0.3 is 5.11 Å². The molecule has 0 spiro atoms. The van der Waals surface area contributed by atoms with Gasteiger partial charge in [-0.25, -0.2) is 4.68 Å². The van der Waals surface area contributed by atoms with Gasteiger partial charge in [-0.2, -0.15) is 5.10 Å². The van der Waals surface area contributed by atoms with Gasteiger partial charge in [0.25, 0.3) is 0 Å². The molecule has 0 fully saturated rings. The van der Waals surface area contributed by atoms with Crippen molar-refractivity contribution in [3.05, 3.63) is 42.2 Å². The van der Waals surface area contributed by atoms with Crippen LogP contribution in [0.4, 0.5) is 0 Å². The van der Waals surface area contributed by atoms with Gasteiger partial charge in [0.05, 0.1) is 5.69 Å². The summed E-state index contributed by atoms with van der Waals surface area (Å²) in [6.07, 6.45) is 1.75. The molecule has 3 heteroatoms. The molecule has 1 N–H and O–H groups in total. The van der Waals surface area contributed by atoms with Crippen molar-refractivity contribution in [2.24, 2.45) is 0 Å². The molecule has 0 saturated carbocycles. The molecule has 0 aliphatic heterocycles. The van der Waals surface area contributed by atoms with Crippen molar-refractivity contribution < 1.29 is 5.11 Å². The van der Waals surface area contributed by atoms with Crippen molar-refractivity contribution in [2.75, 3.05) is 0 Å². The number of aromatic nitrogens is 2. The maximum Gasteiger partial charge on any atom is 0.115 e. The monoisotopic (exact) mass is 174 g/mol. The first-order valence-corrected chi connectivity index (χ1v) is 4.07. The highest BCUT2D eigenvalue weighted by Gasteiger charge is 1.99. The number of hydrogen-bond acceptors (Lipinski definition) is 2. The molecule has 1 aromatic carbocycles. The number of aryl methyl sites for hydroxylation is 1. The Hall–Kier alpha value is -1.77. The van der Waals surface area contributed by atoms with Crippen LogP contribution in [0, 0.1) is 6.92 Å². The Bertz CT molecular complexity index is 403. The molecule has 0 bridgehead atoms.